The molecule has 0 radical (unpaired) electrons. The third-order valence-electron chi connectivity index (χ3n) is 4.57. The van der Waals surface area contributed by atoms with Crippen LogP contribution in [0.15, 0.2) is 54.6 Å². The SMILES string of the molecule is Cl.Cl.NC(Cc1ccccc1)C(=O)NCCN1CCc2ccccc2C1. The summed E-state index contributed by atoms with van der Waals surface area (Å²) in [7, 11) is 0. The maximum absolute atomic E-state index is 12.1. The minimum atomic E-state index is -0.491. The van der Waals surface area contributed by atoms with E-state index in [2.05, 4.69) is 34.5 Å². The normalized spacial score (nSPS) is 14.3. The zero-order chi connectivity index (χ0) is 16.8. The molecule has 26 heavy (non-hydrogen) atoms. The Balaban J connectivity index is 0.00000169. The highest BCUT2D eigenvalue weighted by Crippen LogP contribution is 2.17. The van der Waals surface area contributed by atoms with Crippen LogP contribution in [0, 0.1) is 0 Å². The molecule has 0 fully saturated rings. The third kappa shape index (κ3) is 6.29. The van der Waals surface area contributed by atoms with Crippen molar-refractivity contribution in [2.24, 2.45) is 5.73 Å². The van der Waals surface area contributed by atoms with Gasteiger partial charge in [0.05, 0.1) is 6.04 Å². The van der Waals surface area contributed by atoms with Gasteiger partial charge in [0, 0.05) is 26.2 Å². The molecule has 0 bridgehead atoms. The molecule has 3 rings (SSSR count). The van der Waals surface area contributed by atoms with E-state index in [0.29, 0.717) is 13.0 Å². The number of carbonyl (C=O) groups excluding carboxylic acids is 1. The summed E-state index contributed by atoms with van der Waals surface area (Å²) in [4.78, 5) is 14.5. The Morgan fingerprint density at radius 1 is 1.04 bits per heavy atom. The van der Waals surface area contributed by atoms with Crippen LogP contribution >= 0.6 is 24.8 Å². The summed E-state index contributed by atoms with van der Waals surface area (Å²) < 4.78 is 0. The Morgan fingerprint density at radius 3 is 2.42 bits per heavy atom. The first-order valence-corrected chi connectivity index (χ1v) is 8.59. The number of fused-ring (bicyclic) bond motifs is 1. The predicted octanol–water partition coefficient (Wildman–Crippen LogP) is 2.57. The molecule has 0 saturated heterocycles. The summed E-state index contributed by atoms with van der Waals surface area (Å²) in [6, 6.07) is 18.0. The lowest BCUT2D eigenvalue weighted by Gasteiger charge is -2.28. The van der Waals surface area contributed by atoms with E-state index in [1.807, 2.05) is 30.3 Å². The van der Waals surface area contributed by atoms with Gasteiger partial charge in [-0.1, -0.05) is 54.6 Å². The molecule has 1 aliphatic heterocycles. The zero-order valence-corrected chi connectivity index (χ0v) is 16.4. The van der Waals surface area contributed by atoms with E-state index in [1.165, 1.54) is 11.1 Å². The fourth-order valence-corrected chi connectivity index (χ4v) is 3.17. The number of benzene rings is 2. The molecule has 0 spiro atoms. The largest absolute Gasteiger partial charge is 0.353 e. The second-order valence-corrected chi connectivity index (χ2v) is 6.38. The molecule has 1 aliphatic rings. The number of nitrogens with two attached hydrogens (primary N) is 1. The van der Waals surface area contributed by atoms with Crippen molar-refractivity contribution in [2.75, 3.05) is 19.6 Å². The Bertz CT molecular complexity index is 682. The van der Waals surface area contributed by atoms with E-state index in [4.69, 9.17) is 5.73 Å². The highest BCUT2D eigenvalue weighted by Gasteiger charge is 2.17. The molecule has 2 aromatic carbocycles. The van der Waals surface area contributed by atoms with Crippen LogP contribution in [-0.2, 0) is 24.2 Å². The average Bonchev–Trinajstić information content (AvgIpc) is 2.62. The van der Waals surface area contributed by atoms with E-state index in [0.717, 1.165) is 31.6 Å². The Kier molecular flexibility index (Phi) is 9.66. The van der Waals surface area contributed by atoms with Crippen molar-refractivity contribution >= 4 is 30.7 Å². The van der Waals surface area contributed by atoms with Crippen molar-refractivity contribution in [3.63, 3.8) is 0 Å². The molecular formula is C20H27Cl2N3O. The molecule has 0 aromatic heterocycles. The number of amides is 1. The molecule has 0 aliphatic carbocycles. The van der Waals surface area contributed by atoms with Crippen molar-refractivity contribution in [3.05, 3.63) is 71.3 Å². The van der Waals surface area contributed by atoms with Gasteiger partial charge in [0.1, 0.15) is 0 Å². The highest BCUT2D eigenvalue weighted by molar-refractivity contribution is 5.85. The number of halogens is 2. The van der Waals surface area contributed by atoms with E-state index in [9.17, 15) is 4.79 Å². The predicted molar refractivity (Wildman–Crippen MR) is 111 cm³/mol. The maximum Gasteiger partial charge on any atom is 0.237 e. The standard InChI is InChI=1S/C20H25N3O.2ClH/c21-19(14-16-6-2-1-3-7-16)20(24)22-11-13-23-12-10-17-8-4-5-9-18(17)15-23;;/h1-9,19H,10-15,21H2,(H,22,24);2*1H. The summed E-state index contributed by atoms with van der Waals surface area (Å²) in [5, 5.41) is 2.97. The van der Waals surface area contributed by atoms with E-state index in [-0.39, 0.29) is 30.7 Å². The van der Waals surface area contributed by atoms with Crippen LogP contribution in [0.25, 0.3) is 0 Å². The number of nitrogens with zero attached hydrogens (tertiary/aromatic N) is 1. The van der Waals surface area contributed by atoms with Gasteiger partial charge in [-0.15, -0.1) is 24.8 Å². The van der Waals surface area contributed by atoms with Crippen molar-refractivity contribution in [2.45, 2.75) is 25.4 Å². The molecule has 2 aromatic rings. The number of carbonyl (C=O) groups is 1. The van der Waals surface area contributed by atoms with Crippen molar-refractivity contribution in [1.82, 2.24) is 10.2 Å². The van der Waals surface area contributed by atoms with Gasteiger partial charge in [-0.3, -0.25) is 9.69 Å². The van der Waals surface area contributed by atoms with Crippen LogP contribution in [0.2, 0.25) is 0 Å². The molecule has 0 saturated carbocycles. The van der Waals surface area contributed by atoms with Crippen LogP contribution in [-0.4, -0.2) is 36.5 Å². The smallest absolute Gasteiger partial charge is 0.237 e. The number of hydrogen-bond donors (Lipinski definition) is 2. The Labute approximate surface area is 168 Å². The highest BCUT2D eigenvalue weighted by atomic mass is 35.5. The quantitative estimate of drug-likeness (QED) is 0.789. The summed E-state index contributed by atoms with van der Waals surface area (Å²) in [5.74, 6) is -0.0729. The minimum absolute atomic E-state index is 0. The molecule has 3 N–H and O–H groups in total. The van der Waals surface area contributed by atoms with Crippen LogP contribution < -0.4 is 11.1 Å². The van der Waals surface area contributed by atoms with Gasteiger partial charge in [0.15, 0.2) is 0 Å². The molecule has 6 heteroatoms. The fraction of sp³-hybridized carbons (Fsp3) is 0.350. The first-order chi connectivity index (χ1) is 11.7. The van der Waals surface area contributed by atoms with Gasteiger partial charge in [-0.2, -0.15) is 0 Å². The molecule has 1 unspecified atom stereocenters. The lowest BCUT2D eigenvalue weighted by Crippen LogP contribution is -2.45. The molecular weight excluding hydrogens is 369 g/mol. The lowest BCUT2D eigenvalue weighted by atomic mass is 10.00. The number of rotatable bonds is 6. The zero-order valence-electron chi connectivity index (χ0n) is 14.8. The first kappa shape index (κ1) is 22.5. The summed E-state index contributed by atoms with van der Waals surface area (Å²) in [5.41, 5.74) is 9.94. The van der Waals surface area contributed by atoms with Gasteiger partial charge in [0.25, 0.3) is 0 Å². The monoisotopic (exact) mass is 395 g/mol. The molecule has 4 nitrogen and oxygen atoms in total. The topological polar surface area (TPSA) is 58.4 Å². The van der Waals surface area contributed by atoms with Crippen molar-refractivity contribution < 1.29 is 4.79 Å². The Morgan fingerprint density at radius 2 is 1.69 bits per heavy atom. The second kappa shape index (κ2) is 11.2. The van der Waals surface area contributed by atoms with Gasteiger partial charge >= 0.3 is 0 Å². The molecule has 1 atom stereocenters. The van der Waals surface area contributed by atoms with Crippen LogP contribution in [0.3, 0.4) is 0 Å². The van der Waals surface area contributed by atoms with Gasteiger partial charge in [-0.25, -0.2) is 0 Å². The average molecular weight is 396 g/mol. The van der Waals surface area contributed by atoms with E-state index >= 15 is 0 Å². The van der Waals surface area contributed by atoms with E-state index < -0.39 is 6.04 Å². The first-order valence-electron chi connectivity index (χ1n) is 8.59. The minimum Gasteiger partial charge on any atom is -0.353 e. The van der Waals surface area contributed by atoms with Crippen LogP contribution in [0.1, 0.15) is 16.7 Å². The third-order valence-corrected chi connectivity index (χ3v) is 4.57. The van der Waals surface area contributed by atoms with Gasteiger partial charge < -0.3 is 11.1 Å². The lowest BCUT2D eigenvalue weighted by molar-refractivity contribution is -0.122. The summed E-state index contributed by atoms with van der Waals surface area (Å²) in [6.45, 7) is 3.51. The Hall–Kier alpha value is -1.59. The summed E-state index contributed by atoms with van der Waals surface area (Å²) >= 11 is 0. The molecule has 142 valence electrons. The fourth-order valence-electron chi connectivity index (χ4n) is 3.17. The molecule has 1 amide bonds. The van der Waals surface area contributed by atoms with Crippen molar-refractivity contribution in [3.8, 4) is 0 Å². The second-order valence-electron chi connectivity index (χ2n) is 6.38. The maximum atomic E-state index is 12.1. The van der Waals surface area contributed by atoms with Gasteiger partial charge in [0.2, 0.25) is 5.91 Å². The van der Waals surface area contributed by atoms with Crippen LogP contribution in [0.5, 0.6) is 0 Å². The number of nitrogens with one attached hydrogen (secondary N) is 1. The van der Waals surface area contributed by atoms with Gasteiger partial charge in [-0.05, 0) is 29.5 Å². The van der Waals surface area contributed by atoms with E-state index in [1.54, 1.807) is 0 Å². The summed E-state index contributed by atoms with van der Waals surface area (Å²) in [6.07, 6.45) is 1.65. The molecule has 1 heterocycles. The number of hydrogen-bond acceptors (Lipinski definition) is 3. The van der Waals surface area contributed by atoms with Crippen molar-refractivity contribution in [1.29, 1.82) is 0 Å². The van der Waals surface area contributed by atoms with Crippen LogP contribution in [0.4, 0.5) is 0 Å².